The first-order chi connectivity index (χ1) is 24.7. The van der Waals surface area contributed by atoms with E-state index in [9.17, 15) is 61.3 Å². The summed E-state index contributed by atoms with van der Waals surface area (Å²) in [5, 5.41) is 125. The van der Waals surface area contributed by atoms with Gasteiger partial charge in [0.25, 0.3) is 0 Å². The highest BCUT2D eigenvalue weighted by atomic mass is 16.7. The van der Waals surface area contributed by atoms with Crippen LogP contribution >= 0.6 is 0 Å². The van der Waals surface area contributed by atoms with E-state index in [1.54, 1.807) is 0 Å². The summed E-state index contributed by atoms with van der Waals surface area (Å²) in [7, 11) is 0. The van der Waals surface area contributed by atoms with Gasteiger partial charge in [-0.2, -0.15) is 0 Å². The van der Waals surface area contributed by atoms with Crippen molar-refractivity contribution in [2.45, 2.75) is 181 Å². The third-order valence-electron chi connectivity index (χ3n) is 11.8. The SMILES string of the molecule is C[C@@H]1O[C@@H](OC[C@@H]2O[C@H](OC3CC4C(O[C@H]5O[C@@H](CO)[C@H](O)[C@H](O)[C@@H]5O)CC(O)CC4[OH+]C3C3CCC(O)CC3)[C@@H](O)[C@@H](O)[C@H]2O)[C@H](O)[C@@H](O)[C@H]1O. The highest BCUT2D eigenvalue weighted by Gasteiger charge is 2.56. The lowest BCUT2D eigenvalue weighted by Gasteiger charge is -2.50. The number of ether oxygens (including phenoxy) is 7. The number of aliphatic hydroxyl groups excluding tert-OH is 12. The molecule has 6 unspecified atom stereocenters. The van der Waals surface area contributed by atoms with Gasteiger partial charge >= 0.3 is 0 Å². The zero-order chi connectivity index (χ0) is 37.6. The second-order valence-electron chi connectivity index (χ2n) is 15.4. The molecule has 2 saturated carbocycles. The van der Waals surface area contributed by atoms with Gasteiger partial charge in [-0.15, -0.1) is 0 Å². The highest BCUT2D eigenvalue weighted by Crippen LogP contribution is 2.44. The van der Waals surface area contributed by atoms with E-state index < -0.39 is 148 Å². The van der Waals surface area contributed by atoms with E-state index in [0.29, 0.717) is 32.1 Å². The Hall–Kier alpha value is -0.760. The third kappa shape index (κ3) is 8.48. The molecule has 4 aliphatic heterocycles. The Morgan fingerprint density at radius 2 is 1.12 bits per heavy atom. The summed E-state index contributed by atoms with van der Waals surface area (Å²) in [5.74, 6) is -0.502. The van der Waals surface area contributed by atoms with Crippen LogP contribution in [0.4, 0.5) is 0 Å². The van der Waals surface area contributed by atoms with Crippen molar-refractivity contribution in [3.05, 3.63) is 0 Å². The lowest BCUT2D eigenvalue weighted by molar-refractivity contribution is -0.370. The predicted octanol–water partition coefficient (Wildman–Crippen LogP) is -5.80. The first kappa shape index (κ1) is 40.9. The second-order valence-corrected chi connectivity index (χ2v) is 15.4. The molecule has 6 aliphatic rings. The summed E-state index contributed by atoms with van der Waals surface area (Å²) in [6.07, 6.45) is -23.3. The topological polar surface area (TPSA) is 311 Å². The quantitative estimate of drug-likeness (QED) is 0.0975. The molecule has 19 nitrogen and oxygen atoms in total. The Bertz CT molecular complexity index is 1130. The fourth-order valence-corrected chi connectivity index (χ4v) is 8.64. The van der Waals surface area contributed by atoms with Crippen LogP contribution in [0.1, 0.15) is 51.9 Å². The molecule has 2 aliphatic carbocycles. The molecule has 6 rings (SSSR count). The van der Waals surface area contributed by atoms with Crippen molar-refractivity contribution in [1.82, 2.24) is 0 Å². The smallest absolute Gasteiger partial charge is 0.187 e. The lowest BCUT2D eigenvalue weighted by Crippen LogP contribution is -2.64. The Morgan fingerprint density at radius 1 is 0.558 bits per heavy atom. The summed E-state index contributed by atoms with van der Waals surface area (Å²) in [6.45, 7) is 0.350. The van der Waals surface area contributed by atoms with Crippen LogP contribution in [0.2, 0.25) is 0 Å². The largest absolute Gasteiger partial charge is 0.427 e. The number of aliphatic hydroxyl groups is 14. The van der Waals surface area contributed by atoms with E-state index >= 15 is 0 Å². The molecule has 52 heavy (non-hydrogen) atoms. The van der Waals surface area contributed by atoms with Crippen molar-refractivity contribution in [2.24, 2.45) is 11.8 Å². The van der Waals surface area contributed by atoms with Crippen LogP contribution in [-0.4, -0.2) is 208 Å². The molecule has 0 bridgehead atoms. The van der Waals surface area contributed by atoms with Crippen molar-refractivity contribution in [3.63, 3.8) is 0 Å². The first-order valence-electron chi connectivity index (χ1n) is 18.4. The molecule has 0 aromatic rings. The maximum Gasteiger partial charge on any atom is 0.187 e. The van der Waals surface area contributed by atoms with Gasteiger partial charge in [0.15, 0.2) is 31.1 Å². The Labute approximate surface area is 300 Å². The van der Waals surface area contributed by atoms with Crippen molar-refractivity contribution in [3.8, 4) is 0 Å². The van der Waals surface area contributed by atoms with Gasteiger partial charge in [0.1, 0.15) is 73.2 Å². The summed E-state index contributed by atoms with van der Waals surface area (Å²) in [4.78, 5) is 0. The maximum atomic E-state index is 11.0. The molecule has 0 aromatic carbocycles. The van der Waals surface area contributed by atoms with Crippen LogP contribution in [0.5, 0.6) is 0 Å². The molecule has 21 atom stereocenters. The van der Waals surface area contributed by atoms with Crippen LogP contribution in [0, 0.1) is 11.8 Å². The van der Waals surface area contributed by atoms with Crippen LogP contribution in [0.15, 0.2) is 0 Å². The van der Waals surface area contributed by atoms with E-state index in [-0.39, 0.29) is 18.8 Å². The molecule has 19 heteroatoms. The van der Waals surface area contributed by atoms with Gasteiger partial charge in [-0.3, -0.25) is 0 Å². The van der Waals surface area contributed by atoms with Crippen LogP contribution in [0.3, 0.4) is 0 Å². The molecule has 0 radical (unpaired) electrons. The molecule has 4 heterocycles. The van der Waals surface area contributed by atoms with Crippen LogP contribution < -0.4 is 0 Å². The minimum atomic E-state index is -1.75. The van der Waals surface area contributed by atoms with Gasteiger partial charge in [0.05, 0.1) is 43.5 Å². The van der Waals surface area contributed by atoms with E-state index in [0.717, 1.165) is 0 Å². The molecular weight excluding hydrogens is 700 g/mol. The van der Waals surface area contributed by atoms with Gasteiger partial charge in [-0.1, -0.05) is 0 Å². The maximum absolute atomic E-state index is 11.0. The van der Waals surface area contributed by atoms with Gasteiger partial charge in [0.2, 0.25) is 0 Å². The Morgan fingerprint density at radius 3 is 1.75 bits per heavy atom. The first-order valence-corrected chi connectivity index (χ1v) is 18.4. The van der Waals surface area contributed by atoms with Gasteiger partial charge < -0.3 is 94.4 Å². The summed E-state index contributed by atoms with van der Waals surface area (Å²) < 4.78 is 40.3. The molecule has 0 spiro atoms. The van der Waals surface area contributed by atoms with Crippen molar-refractivity contribution >= 4 is 0 Å². The zero-order valence-corrected chi connectivity index (χ0v) is 28.9. The average Bonchev–Trinajstić information content (AvgIpc) is 3.12. The van der Waals surface area contributed by atoms with E-state index in [4.69, 9.17) is 33.2 Å². The van der Waals surface area contributed by atoms with Crippen LogP contribution in [0.25, 0.3) is 0 Å². The fraction of sp³-hybridized carbons (Fsp3) is 1.00. The standard InChI is InChI=1S/C33H56O19/c1-11-21(37)24(40)27(43)31(47-11)46-10-20-23(39)26(42)29(45)33(52-20)50-18-8-15-16(48-30(18)12-2-4-13(35)5-3-12)6-14(36)7-17(15)49-32-28(44)25(41)22(38)19(9-34)51-32/h11-45H,2-10H2,1H3/p+1/t11-,12?,13?,14?,15?,16?,17?,18?,19-,20-,21-,22-,23-,24-,25-,26-,27+,28-,29-,30?,31+,32-,33-/m0/s1. The highest BCUT2D eigenvalue weighted by molar-refractivity contribution is 4.99. The molecular formula is C33H57O19+. The Kier molecular flexibility index (Phi) is 13.5. The molecule has 6 fully saturated rings. The zero-order valence-electron chi connectivity index (χ0n) is 28.9. The average molecular weight is 758 g/mol. The minimum absolute atomic E-state index is 0.0534. The number of hydrogen-bond donors (Lipinski definition) is 12. The summed E-state index contributed by atoms with van der Waals surface area (Å²) in [6, 6.07) is 0. The van der Waals surface area contributed by atoms with E-state index in [2.05, 4.69) is 0 Å². The lowest BCUT2D eigenvalue weighted by atomic mass is 9.73. The summed E-state index contributed by atoms with van der Waals surface area (Å²) in [5.41, 5.74) is 0. The molecule has 0 amide bonds. The van der Waals surface area contributed by atoms with Gasteiger partial charge in [0, 0.05) is 18.8 Å². The second kappa shape index (κ2) is 17.2. The minimum Gasteiger partial charge on any atom is -0.427 e. The number of rotatable bonds is 9. The molecule has 302 valence electrons. The van der Waals surface area contributed by atoms with Crippen molar-refractivity contribution < 1.29 is 94.4 Å². The number of hydrogen-bond acceptors (Lipinski definition) is 18. The monoisotopic (exact) mass is 757 g/mol. The van der Waals surface area contributed by atoms with Crippen LogP contribution in [-0.2, 0) is 28.4 Å². The molecule has 4 saturated heterocycles. The third-order valence-corrected chi connectivity index (χ3v) is 11.8. The van der Waals surface area contributed by atoms with Gasteiger partial charge in [-0.25, -0.2) is 0 Å². The Balaban J connectivity index is 1.19. The molecule has 13 N–H and O–H groups in total. The fourth-order valence-electron chi connectivity index (χ4n) is 8.64. The summed E-state index contributed by atoms with van der Waals surface area (Å²) >= 11 is 0. The van der Waals surface area contributed by atoms with Gasteiger partial charge in [-0.05, 0) is 39.0 Å². The predicted molar refractivity (Wildman–Crippen MR) is 170 cm³/mol. The molecule has 0 aromatic heterocycles. The normalized spacial score (nSPS) is 54.8. The van der Waals surface area contributed by atoms with Crippen molar-refractivity contribution in [1.29, 1.82) is 0 Å². The van der Waals surface area contributed by atoms with E-state index in [1.165, 1.54) is 6.92 Å². The van der Waals surface area contributed by atoms with Crippen molar-refractivity contribution in [2.75, 3.05) is 13.2 Å². The van der Waals surface area contributed by atoms with E-state index in [1.807, 2.05) is 0 Å². The number of fused-ring (bicyclic) bond motifs is 1.